The molecule has 0 saturated carbocycles. The Morgan fingerprint density at radius 2 is 1.95 bits per heavy atom. The molecule has 22 heavy (non-hydrogen) atoms. The van der Waals surface area contributed by atoms with Gasteiger partial charge in [-0.2, -0.15) is 13.2 Å². The van der Waals surface area contributed by atoms with Gasteiger partial charge in [-0.25, -0.2) is 0 Å². The number of nitrogens with one attached hydrogen (secondary N) is 2. The minimum absolute atomic E-state index is 0.0960. The van der Waals surface area contributed by atoms with Crippen molar-refractivity contribution in [2.45, 2.75) is 19.1 Å². The highest BCUT2D eigenvalue weighted by atomic mass is 19.4. The van der Waals surface area contributed by atoms with Crippen molar-refractivity contribution in [1.82, 2.24) is 10.3 Å². The van der Waals surface area contributed by atoms with Gasteiger partial charge in [0.1, 0.15) is 5.56 Å². The fourth-order valence-electron chi connectivity index (χ4n) is 1.94. The van der Waals surface area contributed by atoms with Crippen LogP contribution in [0.4, 0.5) is 13.2 Å². The van der Waals surface area contributed by atoms with Crippen molar-refractivity contribution in [2.24, 2.45) is 0 Å². The largest absolute Gasteiger partial charge is 0.416 e. The summed E-state index contributed by atoms with van der Waals surface area (Å²) in [5.41, 5.74) is -1.14. The number of carbonyl (C=O) groups excluding carboxylic acids is 1. The Hall–Kier alpha value is -2.57. The molecule has 0 radical (unpaired) electrons. The number of hydrogen-bond acceptors (Lipinski definition) is 2. The standard InChI is InChI=1S/C15H13F3N2O2/c1-9(10-4-2-5-11(8-10)15(16,17)18)20-14(22)12-6-3-7-19-13(12)21/h2-9H,1H3,(H,19,21)(H,20,22)/t9-/m1/s1. The Balaban J connectivity index is 2.19. The van der Waals surface area contributed by atoms with Crippen molar-refractivity contribution in [3.05, 3.63) is 69.6 Å². The zero-order valence-corrected chi connectivity index (χ0v) is 11.6. The first-order valence-corrected chi connectivity index (χ1v) is 6.45. The predicted molar refractivity (Wildman–Crippen MR) is 74.4 cm³/mol. The molecular weight excluding hydrogens is 297 g/mol. The number of benzene rings is 1. The van der Waals surface area contributed by atoms with Crippen LogP contribution in [0.25, 0.3) is 0 Å². The average molecular weight is 310 g/mol. The smallest absolute Gasteiger partial charge is 0.345 e. The quantitative estimate of drug-likeness (QED) is 0.915. The third-order valence-corrected chi connectivity index (χ3v) is 3.12. The molecule has 0 aliphatic rings. The van der Waals surface area contributed by atoms with Crippen molar-refractivity contribution >= 4 is 5.91 Å². The summed E-state index contributed by atoms with van der Waals surface area (Å²) in [6.45, 7) is 1.55. The van der Waals surface area contributed by atoms with E-state index in [1.54, 1.807) is 6.92 Å². The van der Waals surface area contributed by atoms with E-state index in [0.717, 1.165) is 12.1 Å². The molecule has 2 N–H and O–H groups in total. The van der Waals surface area contributed by atoms with Crippen LogP contribution in [0.2, 0.25) is 0 Å². The van der Waals surface area contributed by atoms with Crippen molar-refractivity contribution in [2.75, 3.05) is 0 Å². The van der Waals surface area contributed by atoms with Gasteiger partial charge in [0.15, 0.2) is 0 Å². The second kappa shape index (κ2) is 6.05. The monoisotopic (exact) mass is 310 g/mol. The second-order valence-electron chi connectivity index (χ2n) is 4.73. The summed E-state index contributed by atoms with van der Waals surface area (Å²) < 4.78 is 38.0. The molecule has 0 bridgehead atoms. The summed E-state index contributed by atoms with van der Waals surface area (Å²) in [4.78, 5) is 25.8. The Bertz CT molecular complexity index is 738. The Labute approximate surface area is 124 Å². The van der Waals surface area contributed by atoms with E-state index in [9.17, 15) is 22.8 Å². The maximum atomic E-state index is 12.7. The van der Waals surface area contributed by atoms with E-state index in [0.29, 0.717) is 5.56 Å². The highest BCUT2D eigenvalue weighted by Crippen LogP contribution is 2.30. The van der Waals surface area contributed by atoms with Crippen LogP contribution in [0.15, 0.2) is 47.4 Å². The fraction of sp³-hybridized carbons (Fsp3) is 0.200. The molecule has 0 aliphatic carbocycles. The zero-order valence-electron chi connectivity index (χ0n) is 11.6. The number of amides is 1. The number of pyridine rings is 1. The SMILES string of the molecule is C[C@@H](NC(=O)c1ccc[nH]c1=O)c1cccc(C(F)(F)F)c1. The van der Waals surface area contributed by atoms with E-state index in [4.69, 9.17) is 0 Å². The van der Waals surface area contributed by atoms with Gasteiger partial charge < -0.3 is 10.3 Å². The summed E-state index contributed by atoms with van der Waals surface area (Å²) in [6, 6.07) is 6.85. The third-order valence-electron chi connectivity index (χ3n) is 3.12. The van der Waals surface area contributed by atoms with Crippen molar-refractivity contribution in [3.63, 3.8) is 0 Å². The lowest BCUT2D eigenvalue weighted by Gasteiger charge is -2.16. The molecule has 0 unspecified atom stereocenters. The Morgan fingerprint density at radius 1 is 1.23 bits per heavy atom. The van der Waals surface area contributed by atoms with E-state index in [-0.39, 0.29) is 5.56 Å². The van der Waals surface area contributed by atoms with Crippen LogP contribution >= 0.6 is 0 Å². The number of hydrogen-bond donors (Lipinski definition) is 2. The summed E-state index contributed by atoms with van der Waals surface area (Å²) in [5.74, 6) is -0.647. The van der Waals surface area contributed by atoms with Gasteiger partial charge >= 0.3 is 6.18 Å². The van der Waals surface area contributed by atoms with Gasteiger partial charge in [-0.1, -0.05) is 12.1 Å². The molecule has 0 spiro atoms. The van der Waals surface area contributed by atoms with Crippen molar-refractivity contribution < 1.29 is 18.0 Å². The van der Waals surface area contributed by atoms with Gasteiger partial charge in [0.05, 0.1) is 11.6 Å². The number of halogens is 3. The Morgan fingerprint density at radius 3 is 2.59 bits per heavy atom. The minimum Gasteiger partial charge on any atom is -0.345 e. The van der Waals surface area contributed by atoms with E-state index < -0.39 is 29.2 Å². The van der Waals surface area contributed by atoms with Crippen LogP contribution in [0.3, 0.4) is 0 Å². The molecule has 7 heteroatoms. The highest BCUT2D eigenvalue weighted by Gasteiger charge is 2.30. The van der Waals surface area contributed by atoms with Gasteiger partial charge in [0.2, 0.25) is 0 Å². The van der Waals surface area contributed by atoms with E-state index >= 15 is 0 Å². The molecule has 1 heterocycles. The first-order valence-electron chi connectivity index (χ1n) is 6.45. The maximum Gasteiger partial charge on any atom is 0.416 e. The molecule has 4 nitrogen and oxygen atoms in total. The lowest BCUT2D eigenvalue weighted by atomic mass is 10.0. The number of aromatic amines is 1. The number of H-pyrrole nitrogens is 1. The fourth-order valence-corrected chi connectivity index (χ4v) is 1.94. The summed E-state index contributed by atoms with van der Waals surface area (Å²) in [7, 11) is 0. The van der Waals surface area contributed by atoms with Crippen molar-refractivity contribution in [3.8, 4) is 0 Å². The summed E-state index contributed by atoms with van der Waals surface area (Å²) in [5, 5.41) is 2.51. The van der Waals surface area contributed by atoms with Crippen LogP contribution < -0.4 is 10.9 Å². The van der Waals surface area contributed by atoms with Crippen LogP contribution in [0.5, 0.6) is 0 Å². The first kappa shape index (κ1) is 15.8. The van der Waals surface area contributed by atoms with E-state index in [1.165, 1.54) is 30.5 Å². The van der Waals surface area contributed by atoms with Gasteiger partial charge in [-0.05, 0) is 36.8 Å². The van der Waals surface area contributed by atoms with E-state index in [2.05, 4.69) is 10.3 Å². The molecule has 1 aromatic heterocycles. The molecule has 2 aromatic rings. The molecule has 2 rings (SSSR count). The Kier molecular flexibility index (Phi) is 4.35. The zero-order chi connectivity index (χ0) is 16.3. The van der Waals surface area contributed by atoms with Crippen molar-refractivity contribution in [1.29, 1.82) is 0 Å². The average Bonchev–Trinajstić information content (AvgIpc) is 2.46. The molecule has 0 aliphatic heterocycles. The molecule has 116 valence electrons. The number of carbonyl (C=O) groups is 1. The summed E-state index contributed by atoms with van der Waals surface area (Å²) >= 11 is 0. The predicted octanol–water partition coefficient (Wildman–Crippen LogP) is 2.88. The molecule has 0 fully saturated rings. The summed E-state index contributed by atoms with van der Waals surface area (Å²) in [6.07, 6.45) is -3.06. The van der Waals surface area contributed by atoms with Crippen LogP contribution in [0.1, 0.15) is 34.5 Å². The van der Waals surface area contributed by atoms with E-state index in [1.807, 2.05) is 0 Å². The van der Waals surface area contributed by atoms with Gasteiger partial charge in [0, 0.05) is 6.20 Å². The van der Waals surface area contributed by atoms with Crippen LogP contribution in [-0.4, -0.2) is 10.9 Å². The van der Waals surface area contributed by atoms with Crippen LogP contribution in [0, 0.1) is 0 Å². The third kappa shape index (κ3) is 3.55. The van der Waals surface area contributed by atoms with Gasteiger partial charge in [-0.3, -0.25) is 9.59 Å². The van der Waals surface area contributed by atoms with Gasteiger partial charge in [0.25, 0.3) is 11.5 Å². The maximum absolute atomic E-state index is 12.7. The number of rotatable bonds is 3. The second-order valence-corrected chi connectivity index (χ2v) is 4.73. The molecule has 1 atom stereocenters. The topological polar surface area (TPSA) is 62.0 Å². The number of aromatic nitrogens is 1. The lowest BCUT2D eigenvalue weighted by Crippen LogP contribution is -2.31. The van der Waals surface area contributed by atoms with Crippen LogP contribution in [-0.2, 0) is 6.18 Å². The first-order chi connectivity index (χ1) is 10.3. The molecular formula is C15H13F3N2O2. The molecule has 1 aromatic carbocycles. The minimum atomic E-state index is -4.45. The molecule has 0 saturated heterocycles. The molecule has 1 amide bonds. The highest BCUT2D eigenvalue weighted by molar-refractivity contribution is 5.93. The lowest BCUT2D eigenvalue weighted by molar-refractivity contribution is -0.137. The van der Waals surface area contributed by atoms with Gasteiger partial charge in [-0.15, -0.1) is 0 Å². The number of alkyl halides is 3. The normalized spacial score (nSPS) is 12.7.